The summed E-state index contributed by atoms with van der Waals surface area (Å²) in [6.45, 7) is 6.01. The molecule has 0 radical (unpaired) electrons. The van der Waals surface area contributed by atoms with Crippen molar-refractivity contribution in [2.45, 2.75) is 26.3 Å². The predicted octanol–water partition coefficient (Wildman–Crippen LogP) is 2.14. The van der Waals surface area contributed by atoms with Crippen LogP contribution in [0.15, 0.2) is 12.1 Å². The third-order valence-electron chi connectivity index (χ3n) is 3.29. The number of hydrogen-bond donors (Lipinski definition) is 1. The van der Waals surface area contributed by atoms with Crippen LogP contribution in [0.3, 0.4) is 0 Å². The summed E-state index contributed by atoms with van der Waals surface area (Å²) < 4.78 is 5.63. The van der Waals surface area contributed by atoms with E-state index in [1.54, 1.807) is 0 Å². The van der Waals surface area contributed by atoms with Crippen molar-refractivity contribution in [1.82, 2.24) is 5.32 Å². The molecule has 2 rings (SSSR count). The van der Waals surface area contributed by atoms with Crippen LogP contribution in [-0.2, 0) is 11.2 Å². The van der Waals surface area contributed by atoms with Crippen LogP contribution in [-0.4, -0.2) is 20.3 Å². The van der Waals surface area contributed by atoms with Gasteiger partial charge in [-0.3, -0.25) is 0 Å². The van der Waals surface area contributed by atoms with E-state index in [2.05, 4.69) is 31.3 Å². The molecule has 1 aliphatic rings. The Morgan fingerprint density at radius 2 is 2.00 bits per heavy atom. The van der Waals surface area contributed by atoms with Gasteiger partial charge in [0.1, 0.15) is 0 Å². The second-order valence-electron chi connectivity index (χ2n) is 4.26. The van der Waals surface area contributed by atoms with Crippen molar-refractivity contribution < 1.29 is 4.74 Å². The van der Waals surface area contributed by atoms with E-state index >= 15 is 0 Å². The molecule has 1 N–H and O–H groups in total. The third-order valence-corrected chi connectivity index (χ3v) is 3.29. The van der Waals surface area contributed by atoms with E-state index in [9.17, 15) is 0 Å². The molecule has 0 aromatic heterocycles. The monoisotopic (exact) mass is 205 g/mol. The average molecular weight is 205 g/mol. The Bertz CT molecular complexity index is 360. The lowest BCUT2D eigenvalue weighted by Crippen LogP contribution is -2.22. The van der Waals surface area contributed by atoms with Gasteiger partial charge in [0, 0.05) is 0 Å². The lowest BCUT2D eigenvalue weighted by molar-refractivity contribution is 0.123. The third kappa shape index (κ3) is 1.92. The molecular formula is C13H19NO. The maximum atomic E-state index is 5.63. The van der Waals surface area contributed by atoms with E-state index in [0.29, 0.717) is 6.04 Å². The van der Waals surface area contributed by atoms with Crippen LogP contribution in [0.1, 0.15) is 28.3 Å². The molecule has 2 nitrogen and oxygen atoms in total. The molecule has 1 aromatic rings. The van der Waals surface area contributed by atoms with Crippen LogP contribution in [0.25, 0.3) is 0 Å². The number of likely N-dealkylation sites (N-methyl/N-ethyl adjacent to an activating group) is 1. The highest BCUT2D eigenvalue weighted by Crippen LogP contribution is 2.28. The molecule has 1 aromatic carbocycles. The van der Waals surface area contributed by atoms with Crippen molar-refractivity contribution in [3.8, 4) is 0 Å². The zero-order valence-corrected chi connectivity index (χ0v) is 9.76. The highest BCUT2D eigenvalue weighted by Gasteiger charge is 2.20. The summed E-state index contributed by atoms with van der Waals surface area (Å²) in [6.07, 6.45) is 1.04. The molecule has 1 unspecified atom stereocenters. The maximum absolute atomic E-state index is 5.63. The Labute approximate surface area is 91.6 Å². The molecule has 1 heterocycles. The molecule has 2 heteroatoms. The molecule has 0 saturated heterocycles. The van der Waals surface area contributed by atoms with Gasteiger partial charge in [-0.05, 0) is 49.6 Å². The lowest BCUT2D eigenvalue weighted by atomic mass is 9.91. The van der Waals surface area contributed by atoms with E-state index in [1.807, 2.05) is 7.05 Å². The van der Waals surface area contributed by atoms with Crippen molar-refractivity contribution in [2.75, 3.05) is 20.3 Å². The van der Waals surface area contributed by atoms with Crippen LogP contribution < -0.4 is 5.32 Å². The molecule has 1 atom stereocenters. The topological polar surface area (TPSA) is 21.3 Å². The van der Waals surface area contributed by atoms with Crippen LogP contribution in [0.2, 0.25) is 0 Å². The first-order chi connectivity index (χ1) is 7.24. The zero-order chi connectivity index (χ0) is 10.8. The van der Waals surface area contributed by atoms with Gasteiger partial charge < -0.3 is 10.1 Å². The minimum Gasteiger partial charge on any atom is -0.379 e. The predicted molar refractivity (Wildman–Crippen MR) is 62.2 cm³/mol. The Morgan fingerprint density at radius 3 is 2.73 bits per heavy atom. The first kappa shape index (κ1) is 10.7. The number of benzene rings is 1. The van der Waals surface area contributed by atoms with Gasteiger partial charge in [-0.15, -0.1) is 0 Å². The summed E-state index contributed by atoms with van der Waals surface area (Å²) in [4.78, 5) is 0. The van der Waals surface area contributed by atoms with E-state index in [4.69, 9.17) is 4.74 Å². The van der Waals surface area contributed by atoms with Crippen molar-refractivity contribution in [3.05, 3.63) is 34.4 Å². The largest absolute Gasteiger partial charge is 0.379 e. The average Bonchev–Trinajstić information content (AvgIpc) is 2.46. The normalized spacial score (nSPS) is 20.9. The van der Waals surface area contributed by atoms with Gasteiger partial charge in [0.15, 0.2) is 0 Å². The first-order valence-corrected chi connectivity index (χ1v) is 5.58. The minimum atomic E-state index is 0.349. The first-order valence-electron chi connectivity index (χ1n) is 5.58. The van der Waals surface area contributed by atoms with Gasteiger partial charge >= 0.3 is 0 Å². The molecule has 0 amide bonds. The molecule has 0 aliphatic carbocycles. The molecule has 0 spiro atoms. The summed E-state index contributed by atoms with van der Waals surface area (Å²) in [7, 11) is 2.00. The molecular weight excluding hydrogens is 186 g/mol. The SMILES string of the molecule is CNC1COCCc2c(C)ccc(C)c21. The van der Waals surface area contributed by atoms with Crippen LogP contribution >= 0.6 is 0 Å². The molecule has 0 saturated carbocycles. The Balaban J connectivity index is 2.54. The van der Waals surface area contributed by atoms with E-state index in [-0.39, 0.29) is 0 Å². The van der Waals surface area contributed by atoms with E-state index in [1.165, 1.54) is 22.3 Å². The van der Waals surface area contributed by atoms with Gasteiger partial charge in [-0.25, -0.2) is 0 Å². The Kier molecular flexibility index (Phi) is 3.08. The van der Waals surface area contributed by atoms with E-state index < -0.39 is 0 Å². The summed E-state index contributed by atoms with van der Waals surface area (Å²) in [5.74, 6) is 0. The molecule has 1 aliphatic heterocycles. The maximum Gasteiger partial charge on any atom is 0.0661 e. The summed E-state index contributed by atoms with van der Waals surface area (Å²) in [5.41, 5.74) is 5.70. The van der Waals surface area contributed by atoms with Crippen molar-refractivity contribution in [1.29, 1.82) is 0 Å². The number of rotatable bonds is 1. The summed E-state index contributed by atoms with van der Waals surface area (Å²) >= 11 is 0. The van der Waals surface area contributed by atoms with Crippen molar-refractivity contribution in [2.24, 2.45) is 0 Å². The van der Waals surface area contributed by atoms with Crippen molar-refractivity contribution >= 4 is 0 Å². The standard InChI is InChI=1S/C13H19NO/c1-9-4-5-10(2)13-11(9)6-7-15-8-12(13)14-3/h4-5,12,14H,6-8H2,1-3H3. The second kappa shape index (κ2) is 4.33. The summed E-state index contributed by atoms with van der Waals surface area (Å²) in [6, 6.07) is 4.78. The Morgan fingerprint density at radius 1 is 1.27 bits per heavy atom. The quantitative estimate of drug-likeness (QED) is 0.758. The number of ether oxygens (including phenoxy) is 1. The highest BCUT2D eigenvalue weighted by atomic mass is 16.5. The second-order valence-corrected chi connectivity index (χ2v) is 4.26. The van der Waals surface area contributed by atoms with Crippen LogP contribution in [0.5, 0.6) is 0 Å². The molecule has 15 heavy (non-hydrogen) atoms. The molecule has 0 bridgehead atoms. The molecule has 82 valence electrons. The zero-order valence-electron chi connectivity index (χ0n) is 9.76. The highest BCUT2D eigenvalue weighted by molar-refractivity contribution is 5.42. The van der Waals surface area contributed by atoms with Gasteiger partial charge in [-0.1, -0.05) is 12.1 Å². The lowest BCUT2D eigenvalue weighted by Gasteiger charge is -2.20. The van der Waals surface area contributed by atoms with Crippen LogP contribution in [0.4, 0.5) is 0 Å². The van der Waals surface area contributed by atoms with Crippen LogP contribution in [0, 0.1) is 13.8 Å². The van der Waals surface area contributed by atoms with Gasteiger partial charge in [0.05, 0.1) is 19.3 Å². The fourth-order valence-corrected chi connectivity index (χ4v) is 2.39. The number of fused-ring (bicyclic) bond motifs is 1. The number of hydrogen-bond acceptors (Lipinski definition) is 2. The fraction of sp³-hybridized carbons (Fsp3) is 0.538. The number of nitrogens with one attached hydrogen (secondary N) is 1. The number of aryl methyl sites for hydroxylation is 2. The van der Waals surface area contributed by atoms with E-state index in [0.717, 1.165) is 19.6 Å². The van der Waals surface area contributed by atoms with Gasteiger partial charge in [-0.2, -0.15) is 0 Å². The molecule has 0 fully saturated rings. The van der Waals surface area contributed by atoms with Gasteiger partial charge in [0.2, 0.25) is 0 Å². The smallest absolute Gasteiger partial charge is 0.0661 e. The minimum absolute atomic E-state index is 0.349. The summed E-state index contributed by atoms with van der Waals surface area (Å²) in [5, 5.41) is 3.34. The Hall–Kier alpha value is -0.860. The van der Waals surface area contributed by atoms with Gasteiger partial charge in [0.25, 0.3) is 0 Å². The van der Waals surface area contributed by atoms with Crippen molar-refractivity contribution in [3.63, 3.8) is 0 Å². The fourth-order valence-electron chi connectivity index (χ4n) is 2.39.